The molecule has 0 spiro atoms. The van der Waals surface area contributed by atoms with Crippen LogP contribution in [0.5, 0.6) is 0 Å². The predicted molar refractivity (Wildman–Crippen MR) is 113 cm³/mol. The molecule has 2 heterocycles. The molecule has 0 radical (unpaired) electrons. The highest BCUT2D eigenvalue weighted by Gasteiger charge is 2.41. The van der Waals surface area contributed by atoms with Gasteiger partial charge in [0, 0.05) is 28.6 Å². The van der Waals surface area contributed by atoms with Crippen LogP contribution in [0.1, 0.15) is 52.6 Å². The highest BCUT2D eigenvalue weighted by molar-refractivity contribution is 6.30. The molecule has 0 fully saturated rings. The number of hydrogen-bond acceptors (Lipinski definition) is 4. The molecule has 4 nitrogen and oxygen atoms in total. The molecule has 5 rings (SSSR count). The fourth-order valence-electron chi connectivity index (χ4n) is 4.54. The number of ketones is 1. The van der Waals surface area contributed by atoms with Gasteiger partial charge in [0.1, 0.15) is 0 Å². The van der Waals surface area contributed by atoms with Crippen LogP contribution in [0, 0.1) is 13.8 Å². The number of carbonyl (C=O) groups excluding carboxylic acids is 1. The molecular formula is C24H21ClN2O2. The van der Waals surface area contributed by atoms with Gasteiger partial charge in [-0.1, -0.05) is 58.7 Å². The normalized spacial score (nSPS) is 20.9. The van der Waals surface area contributed by atoms with Crippen LogP contribution in [0.3, 0.4) is 0 Å². The summed E-state index contributed by atoms with van der Waals surface area (Å²) in [7, 11) is 0. The number of aryl methyl sites for hydroxylation is 2. The van der Waals surface area contributed by atoms with Crippen molar-refractivity contribution in [2.24, 2.45) is 0 Å². The van der Waals surface area contributed by atoms with Crippen LogP contribution in [0.25, 0.3) is 0 Å². The molecule has 1 aliphatic heterocycles. The predicted octanol–water partition coefficient (Wildman–Crippen LogP) is 5.90. The Labute approximate surface area is 174 Å². The standard InChI is InChI=1S/C24H21ClN2O2/c1-13-3-5-16(6-4-13)22-21-14(2)27-29-24(21)26-19-11-17(12-20(28)23(19)22)15-7-9-18(25)10-8-15/h3-10,17,22,26H,11-12H2,1-2H3/t17-,22-/m1/s1. The number of benzene rings is 2. The van der Waals surface area contributed by atoms with Gasteiger partial charge in [-0.25, -0.2) is 0 Å². The largest absolute Gasteiger partial charge is 0.338 e. The number of nitrogens with one attached hydrogen (secondary N) is 1. The van der Waals surface area contributed by atoms with Crippen molar-refractivity contribution in [1.29, 1.82) is 0 Å². The first-order chi connectivity index (χ1) is 14.0. The fourth-order valence-corrected chi connectivity index (χ4v) is 4.66. The average Bonchev–Trinajstić information content (AvgIpc) is 3.08. The third-order valence-electron chi connectivity index (χ3n) is 6.01. The highest BCUT2D eigenvalue weighted by Crippen LogP contribution is 2.49. The number of hydrogen-bond donors (Lipinski definition) is 1. The monoisotopic (exact) mass is 404 g/mol. The first-order valence-corrected chi connectivity index (χ1v) is 10.2. The van der Waals surface area contributed by atoms with E-state index < -0.39 is 0 Å². The van der Waals surface area contributed by atoms with E-state index in [1.807, 2.05) is 31.2 Å². The zero-order valence-corrected chi connectivity index (χ0v) is 17.1. The van der Waals surface area contributed by atoms with Crippen LogP contribution in [0.4, 0.5) is 5.88 Å². The number of rotatable bonds is 2. The summed E-state index contributed by atoms with van der Waals surface area (Å²) in [6.45, 7) is 4.00. The lowest BCUT2D eigenvalue weighted by Crippen LogP contribution is -2.29. The molecular weight excluding hydrogens is 384 g/mol. The van der Waals surface area contributed by atoms with Crippen molar-refractivity contribution in [2.75, 3.05) is 5.32 Å². The minimum absolute atomic E-state index is 0.121. The summed E-state index contributed by atoms with van der Waals surface area (Å²) in [6, 6.07) is 16.2. The van der Waals surface area contributed by atoms with Crippen molar-refractivity contribution in [2.45, 2.75) is 38.5 Å². The quantitative estimate of drug-likeness (QED) is 0.577. The molecule has 146 valence electrons. The minimum Gasteiger partial charge on any atom is -0.338 e. The molecule has 29 heavy (non-hydrogen) atoms. The number of anilines is 1. The zero-order valence-electron chi connectivity index (χ0n) is 16.3. The molecule has 0 bridgehead atoms. The summed E-state index contributed by atoms with van der Waals surface area (Å²) in [5.41, 5.74) is 6.98. The topological polar surface area (TPSA) is 55.1 Å². The summed E-state index contributed by atoms with van der Waals surface area (Å²) >= 11 is 6.04. The van der Waals surface area contributed by atoms with E-state index in [1.54, 1.807) is 0 Å². The Hall–Kier alpha value is -2.85. The molecule has 1 aromatic heterocycles. The van der Waals surface area contributed by atoms with Gasteiger partial charge in [0.05, 0.1) is 11.3 Å². The first-order valence-electron chi connectivity index (χ1n) is 9.82. The number of aromatic nitrogens is 1. The second kappa shape index (κ2) is 6.89. The highest BCUT2D eigenvalue weighted by atomic mass is 35.5. The Morgan fingerprint density at radius 3 is 2.41 bits per heavy atom. The van der Waals surface area contributed by atoms with Gasteiger partial charge >= 0.3 is 0 Å². The van der Waals surface area contributed by atoms with Gasteiger partial charge in [0.15, 0.2) is 5.78 Å². The number of Topliss-reactive ketones (excluding diaryl/α,β-unsaturated/α-hetero) is 1. The molecule has 3 aromatic rings. The van der Waals surface area contributed by atoms with Gasteiger partial charge in [-0.2, -0.15) is 0 Å². The Morgan fingerprint density at radius 1 is 1.00 bits per heavy atom. The van der Waals surface area contributed by atoms with Gasteiger partial charge in [-0.05, 0) is 49.4 Å². The van der Waals surface area contributed by atoms with Crippen molar-refractivity contribution in [3.05, 3.63) is 92.8 Å². The molecule has 1 aliphatic carbocycles. The van der Waals surface area contributed by atoms with Gasteiger partial charge in [0.25, 0.3) is 0 Å². The van der Waals surface area contributed by atoms with Crippen molar-refractivity contribution in [3.63, 3.8) is 0 Å². The Balaban J connectivity index is 1.61. The van der Waals surface area contributed by atoms with Crippen molar-refractivity contribution < 1.29 is 9.32 Å². The Kier molecular flexibility index (Phi) is 4.32. The molecule has 0 saturated carbocycles. The van der Waals surface area contributed by atoms with Gasteiger partial charge in [0.2, 0.25) is 5.88 Å². The fraction of sp³-hybridized carbons (Fsp3) is 0.250. The molecule has 2 aromatic carbocycles. The molecule has 2 atom stereocenters. The Morgan fingerprint density at radius 2 is 1.69 bits per heavy atom. The minimum atomic E-state index is -0.147. The van der Waals surface area contributed by atoms with Crippen LogP contribution in [-0.2, 0) is 4.79 Å². The molecule has 0 saturated heterocycles. The van der Waals surface area contributed by atoms with E-state index in [-0.39, 0.29) is 17.6 Å². The van der Waals surface area contributed by atoms with Crippen LogP contribution in [0.15, 0.2) is 64.3 Å². The molecule has 0 amide bonds. The molecule has 0 unspecified atom stereocenters. The van der Waals surface area contributed by atoms with E-state index in [0.717, 1.165) is 40.1 Å². The SMILES string of the molecule is Cc1ccc([C@H]2C3=C(C[C@@H](c4ccc(Cl)cc4)CC3=O)Nc3onc(C)c32)cc1. The van der Waals surface area contributed by atoms with Crippen LogP contribution < -0.4 is 5.32 Å². The van der Waals surface area contributed by atoms with E-state index in [9.17, 15) is 4.79 Å². The van der Waals surface area contributed by atoms with Crippen LogP contribution in [0.2, 0.25) is 5.02 Å². The van der Waals surface area contributed by atoms with Crippen molar-refractivity contribution >= 4 is 23.3 Å². The number of nitrogens with zero attached hydrogens (tertiary/aromatic N) is 1. The summed E-state index contributed by atoms with van der Waals surface area (Å²) < 4.78 is 5.58. The molecule has 2 aliphatic rings. The second-order valence-electron chi connectivity index (χ2n) is 7.95. The lowest BCUT2D eigenvalue weighted by molar-refractivity contribution is -0.116. The van der Waals surface area contributed by atoms with Gasteiger partial charge in [-0.15, -0.1) is 0 Å². The smallest absolute Gasteiger partial charge is 0.233 e. The molecule has 5 heteroatoms. The summed E-state index contributed by atoms with van der Waals surface area (Å²) in [5.74, 6) is 0.800. The maximum absolute atomic E-state index is 13.4. The zero-order chi connectivity index (χ0) is 20.1. The van der Waals surface area contributed by atoms with E-state index >= 15 is 0 Å². The van der Waals surface area contributed by atoms with E-state index in [2.05, 4.69) is 41.7 Å². The van der Waals surface area contributed by atoms with E-state index in [0.29, 0.717) is 17.3 Å². The summed E-state index contributed by atoms with van der Waals surface area (Å²) in [5, 5.41) is 8.25. The van der Waals surface area contributed by atoms with Crippen molar-refractivity contribution in [1.82, 2.24) is 5.16 Å². The maximum Gasteiger partial charge on any atom is 0.233 e. The van der Waals surface area contributed by atoms with E-state index in [4.69, 9.17) is 16.1 Å². The number of halogens is 1. The maximum atomic E-state index is 13.4. The van der Waals surface area contributed by atoms with Crippen LogP contribution in [-0.4, -0.2) is 10.9 Å². The lowest BCUT2D eigenvalue weighted by Gasteiger charge is -2.34. The number of carbonyl (C=O) groups is 1. The number of fused-ring (bicyclic) bond motifs is 1. The van der Waals surface area contributed by atoms with E-state index in [1.165, 1.54) is 5.56 Å². The van der Waals surface area contributed by atoms with Crippen molar-refractivity contribution in [3.8, 4) is 0 Å². The average molecular weight is 405 g/mol. The Bertz CT molecular complexity index is 1130. The third kappa shape index (κ3) is 3.08. The first kappa shape index (κ1) is 18.2. The van der Waals surface area contributed by atoms with Crippen LogP contribution >= 0.6 is 11.6 Å². The number of allylic oxidation sites excluding steroid dienone is 2. The third-order valence-corrected chi connectivity index (χ3v) is 6.26. The van der Waals surface area contributed by atoms with Gasteiger partial charge < -0.3 is 9.84 Å². The second-order valence-corrected chi connectivity index (χ2v) is 8.39. The summed E-state index contributed by atoms with van der Waals surface area (Å²) in [4.78, 5) is 13.4. The lowest BCUT2D eigenvalue weighted by atomic mass is 9.72. The summed E-state index contributed by atoms with van der Waals surface area (Å²) in [6.07, 6.45) is 1.24. The molecule has 1 N–H and O–H groups in total. The van der Waals surface area contributed by atoms with Gasteiger partial charge in [-0.3, -0.25) is 4.79 Å².